The summed E-state index contributed by atoms with van der Waals surface area (Å²) in [5.74, 6) is 0. The standard InChI is InChI=1S/C4H3S.HI.Mg/c1-2-4-5-3-1;;/h1,3-4H;1H;/q-1;;+2/p-1. The molecule has 0 aliphatic carbocycles. The summed E-state index contributed by atoms with van der Waals surface area (Å²) in [6.45, 7) is 0. The molecule has 0 aliphatic heterocycles. The Kier molecular flexibility index (Phi) is 11.4. The second-order valence-corrected chi connectivity index (χ2v) is 1.50. The van der Waals surface area contributed by atoms with Gasteiger partial charge in [0, 0.05) is 0 Å². The van der Waals surface area contributed by atoms with Crippen molar-refractivity contribution in [3.63, 3.8) is 0 Å². The van der Waals surface area contributed by atoms with Gasteiger partial charge in [-0.3, -0.25) is 11.3 Å². The van der Waals surface area contributed by atoms with Crippen LogP contribution in [0.3, 0.4) is 0 Å². The van der Waals surface area contributed by atoms with Crippen molar-refractivity contribution in [3.8, 4) is 0 Å². The Labute approximate surface area is 80.5 Å². The van der Waals surface area contributed by atoms with Gasteiger partial charge in [-0.05, 0) is 0 Å². The SMILES string of the molecule is [I-].[Mg+2].[c-]1ccsc1. The quantitative estimate of drug-likeness (QED) is 0.281. The second-order valence-electron chi connectivity index (χ2n) is 0.723. The van der Waals surface area contributed by atoms with Crippen LogP contribution in [-0.4, -0.2) is 23.1 Å². The minimum absolute atomic E-state index is 0. The molecule has 0 unspecified atom stereocenters. The summed E-state index contributed by atoms with van der Waals surface area (Å²) in [7, 11) is 0. The minimum atomic E-state index is 0. The Morgan fingerprint density at radius 3 is 2.29 bits per heavy atom. The molecule has 0 aliphatic rings. The van der Waals surface area contributed by atoms with Crippen LogP contribution in [0.4, 0.5) is 0 Å². The molecule has 0 saturated heterocycles. The van der Waals surface area contributed by atoms with Crippen LogP contribution in [0.1, 0.15) is 0 Å². The van der Waals surface area contributed by atoms with Crippen LogP contribution >= 0.6 is 11.3 Å². The molecule has 1 rings (SSSR count). The van der Waals surface area contributed by atoms with E-state index in [2.05, 4.69) is 6.07 Å². The Morgan fingerprint density at radius 1 is 1.43 bits per heavy atom. The van der Waals surface area contributed by atoms with Crippen LogP contribution in [0.2, 0.25) is 0 Å². The molecule has 0 nitrogen and oxygen atoms in total. The predicted octanol–water partition coefficient (Wildman–Crippen LogP) is -1.83. The molecule has 1 aromatic rings. The van der Waals surface area contributed by atoms with E-state index >= 15 is 0 Å². The molecule has 1 aromatic heterocycles. The topological polar surface area (TPSA) is 0 Å². The van der Waals surface area contributed by atoms with Crippen molar-refractivity contribution in [3.05, 3.63) is 22.9 Å². The van der Waals surface area contributed by atoms with Gasteiger partial charge in [-0.15, -0.1) is 5.38 Å². The first kappa shape index (κ1) is 11.1. The van der Waals surface area contributed by atoms with E-state index in [0.29, 0.717) is 0 Å². The van der Waals surface area contributed by atoms with Gasteiger partial charge in [-0.25, -0.2) is 12.1 Å². The van der Waals surface area contributed by atoms with Crippen molar-refractivity contribution in [2.75, 3.05) is 0 Å². The van der Waals surface area contributed by atoms with Gasteiger partial charge in [-0.2, -0.15) is 5.38 Å². The van der Waals surface area contributed by atoms with Gasteiger partial charge in [0.1, 0.15) is 0 Å². The van der Waals surface area contributed by atoms with E-state index < -0.39 is 0 Å². The molecule has 1 heterocycles. The van der Waals surface area contributed by atoms with Gasteiger partial charge < -0.3 is 24.0 Å². The van der Waals surface area contributed by atoms with E-state index in [1.54, 1.807) is 11.3 Å². The Morgan fingerprint density at radius 2 is 2.14 bits per heavy atom. The zero-order chi connectivity index (χ0) is 3.54. The summed E-state index contributed by atoms with van der Waals surface area (Å²) in [5.41, 5.74) is 0. The van der Waals surface area contributed by atoms with Crippen LogP contribution in [0, 0.1) is 6.07 Å². The van der Waals surface area contributed by atoms with Gasteiger partial charge in [0.05, 0.1) is 0 Å². The largest absolute Gasteiger partial charge is 2.00 e. The predicted molar refractivity (Wildman–Crippen MR) is 28.9 cm³/mol. The maximum Gasteiger partial charge on any atom is 2.00 e. The molecule has 0 fully saturated rings. The van der Waals surface area contributed by atoms with E-state index in [1.807, 2.05) is 16.8 Å². The smallest absolute Gasteiger partial charge is 1.00 e. The van der Waals surface area contributed by atoms with Crippen LogP contribution in [0.25, 0.3) is 0 Å². The van der Waals surface area contributed by atoms with Crippen molar-refractivity contribution >= 4 is 34.4 Å². The summed E-state index contributed by atoms with van der Waals surface area (Å²) < 4.78 is 0. The summed E-state index contributed by atoms with van der Waals surface area (Å²) in [6.07, 6.45) is 0. The van der Waals surface area contributed by atoms with Crippen LogP contribution in [-0.2, 0) is 0 Å². The fraction of sp³-hybridized carbons (Fsp3) is 0. The fourth-order valence-electron chi connectivity index (χ4n) is 0.196. The third-order valence-electron chi connectivity index (χ3n) is 0.379. The zero-order valence-corrected chi connectivity index (χ0v) is 8.11. The third-order valence-corrected chi connectivity index (χ3v) is 0.944. The maximum absolute atomic E-state index is 2.88. The molecule has 34 valence electrons. The minimum Gasteiger partial charge on any atom is -1.00 e. The summed E-state index contributed by atoms with van der Waals surface area (Å²) in [5, 5.41) is 3.90. The molecular weight excluding hydrogens is 231 g/mol. The second kappa shape index (κ2) is 7.20. The molecule has 3 heteroatoms. The molecule has 0 atom stereocenters. The summed E-state index contributed by atoms with van der Waals surface area (Å²) in [4.78, 5) is 0. The van der Waals surface area contributed by atoms with Gasteiger partial charge in [0.25, 0.3) is 0 Å². The van der Waals surface area contributed by atoms with Crippen molar-refractivity contribution in [2.24, 2.45) is 0 Å². The number of rotatable bonds is 0. The molecular formula is C4H3IMgS. The Balaban J connectivity index is 0. The average Bonchev–Trinajstić information content (AvgIpc) is 1.76. The molecule has 0 bridgehead atoms. The first-order valence-corrected chi connectivity index (χ1v) is 2.32. The molecule has 0 spiro atoms. The van der Waals surface area contributed by atoms with E-state index in [4.69, 9.17) is 0 Å². The third kappa shape index (κ3) is 5.06. The maximum atomic E-state index is 2.88. The van der Waals surface area contributed by atoms with E-state index in [-0.39, 0.29) is 47.0 Å². The number of hydrogen-bond acceptors (Lipinski definition) is 1. The van der Waals surface area contributed by atoms with Crippen molar-refractivity contribution in [1.29, 1.82) is 0 Å². The Bertz CT molecular complexity index is 68.2. The number of thiophene rings is 1. The van der Waals surface area contributed by atoms with E-state index in [0.717, 1.165) is 0 Å². The molecule has 0 N–H and O–H groups in total. The first-order chi connectivity index (χ1) is 2.50. The summed E-state index contributed by atoms with van der Waals surface area (Å²) >= 11 is 1.66. The van der Waals surface area contributed by atoms with E-state index in [9.17, 15) is 0 Å². The Hall–Kier alpha value is 1.20. The van der Waals surface area contributed by atoms with E-state index in [1.165, 1.54) is 0 Å². The summed E-state index contributed by atoms with van der Waals surface area (Å²) in [6, 6.07) is 4.77. The van der Waals surface area contributed by atoms with Crippen molar-refractivity contribution < 1.29 is 24.0 Å². The van der Waals surface area contributed by atoms with Gasteiger partial charge in [0.2, 0.25) is 0 Å². The average molecular weight is 234 g/mol. The van der Waals surface area contributed by atoms with Gasteiger partial charge in [-0.1, -0.05) is 0 Å². The van der Waals surface area contributed by atoms with Crippen molar-refractivity contribution in [2.45, 2.75) is 0 Å². The number of halogens is 1. The zero-order valence-electron chi connectivity index (χ0n) is 3.73. The molecule has 0 saturated carbocycles. The number of hydrogen-bond donors (Lipinski definition) is 0. The van der Waals surface area contributed by atoms with Crippen LogP contribution in [0.15, 0.2) is 16.8 Å². The van der Waals surface area contributed by atoms with Crippen LogP contribution in [0.5, 0.6) is 0 Å². The molecule has 0 amide bonds. The van der Waals surface area contributed by atoms with Crippen LogP contribution < -0.4 is 24.0 Å². The molecule has 7 heavy (non-hydrogen) atoms. The normalized spacial score (nSPS) is 5.71. The van der Waals surface area contributed by atoms with Gasteiger partial charge in [0.15, 0.2) is 0 Å². The van der Waals surface area contributed by atoms with Gasteiger partial charge >= 0.3 is 23.1 Å². The van der Waals surface area contributed by atoms with Crippen molar-refractivity contribution in [1.82, 2.24) is 0 Å². The molecule has 0 aromatic carbocycles. The monoisotopic (exact) mass is 234 g/mol. The molecule has 0 radical (unpaired) electrons. The first-order valence-electron chi connectivity index (χ1n) is 1.38. The fourth-order valence-corrected chi connectivity index (χ4v) is 0.589.